The van der Waals surface area contributed by atoms with Crippen LogP contribution in [0.15, 0.2) is 6.20 Å². The smallest absolute Gasteiger partial charge is 0.407 e. The Bertz CT molecular complexity index is 553. The van der Waals surface area contributed by atoms with E-state index in [2.05, 4.69) is 22.1 Å². The number of amides is 1. The fourth-order valence-corrected chi connectivity index (χ4v) is 3.03. The van der Waals surface area contributed by atoms with Crippen LogP contribution < -0.4 is 5.32 Å². The van der Waals surface area contributed by atoms with Crippen molar-refractivity contribution in [3.05, 3.63) is 17.2 Å². The first-order chi connectivity index (χ1) is 10.7. The summed E-state index contributed by atoms with van der Waals surface area (Å²) in [6, 6.07) is 0.455. The molecule has 1 aliphatic rings. The summed E-state index contributed by atoms with van der Waals surface area (Å²) < 4.78 is 7.18. The Hall–Kier alpha value is -1.27. The van der Waals surface area contributed by atoms with Gasteiger partial charge in [0.25, 0.3) is 0 Å². The number of aromatic nitrogens is 2. The Kier molecular flexibility index (Phi) is 5.57. The van der Waals surface area contributed by atoms with E-state index in [1.54, 1.807) is 6.20 Å². The van der Waals surface area contributed by atoms with Gasteiger partial charge in [-0.1, -0.05) is 11.6 Å². The van der Waals surface area contributed by atoms with Crippen molar-refractivity contribution in [3.8, 4) is 0 Å². The Balaban J connectivity index is 1.82. The molecule has 1 amide bonds. The molecule has 1 aromatic rings. The molecule has 2 atom stereocenters. The maximum absolute atomic E-state index is 11.7. The van der Waals surface area contributed by atoms with Crippen molar-refractivity contribution in [2.45, 2.75) is 52.3 Å². The van der Waals surface area contributed by atoms with Crippen molar-refractivity contribution in [2.75, 3.05) is 13.1 Å². The van der Waals surface area contributed by atoms with E-state index in [4.69, 9.17) is 16.3 Å². The minimum absolute atomic E-state index is 0.348. The van der Waals surface area contributed by atoms with E-state index in [1.165, 1.54) is 0 Å². The van der Waals surface area contributed by atoms with Gasteiger partial charge in [0.15, 0.2) is 0 Å². The zero-order valence-electron chi connectivity index (χ0n) is 14.6. The number of imidazole rings is 1. The van der Waals surface area contributed by atoms with Crippen molar-refractivity contribution in [3.63, 3.8) is 0 Å². The van der Waals surface area contributed by atoms with Gasteiger partial charge in [-0.05, 0) is 40.0 Å². The number of nitrogens with zero attached hydrogens (tertiary/aromatic N) is 3. The molecular weight excluding hydrogens is 316 g/mol. The van der Waals surface area contributed by atoms with Gasteiger partial charge in [0.2, 0.25) is 0 Å². The zero-order chi connectivity index (χ0) is 17.2. The molecule has 130 valence electrons. The SMILES string of the molecule is C[C@H]1C[C@@H](CNC(=O)OC(C)(C)C)CN1Cc1ncc(Cl)n1C. The summed E-state index contributed by atoms with van der Waals surface area (Å²) in [5.74, 6) is 1.39. The van der Waals surface area contributed by atoms with Crippen LogP contribution in [0, 0.1) is 5.92 Å². The summed E-state index contributed by atoms with van der Waals surface area (Å²) in [5, 5.41) is 3.52. The number of hydrogen-bond acceptors (Lipinski definition) is 4. The van der Waals surface area contributed by atoms with Crippen LogP contribution in [-0.4, -0.2) is 45.3 Å². The average Bonchev–Trinajstić information content (AvgIpc) is 2.92. The van der Waals surface area contributed by atoms with Gasteiger partial charge in [-0.3, -0.25) is 4.90 Å². The van der Waals surface area contributed by atoms with Crippen LogP contribution in [0.3, 0.4) is 0 Å². The number of ether oxygens (including phenoxy) is 1. The van der Waals surface area contributed by atoms with Gasteiger partial charge in [-0.15, -0.1) is 0 Å². The van der Waals surface area contributed by atoms with Gasteiger partial charge in [-0.2, -0.15) is 0 Å². The van der Waals surface area contributed by atoms with Crippen molar-refractivity contribution in [1.29, 1.82) is 0 Å². The van der Waals surface area contributed by atoms with Crippen LogP contribution in [0.25, 0.3) is 0 Å². The lowest BCUT2D eigenvalue weighted by Gasteiger charge is -2.21. The third kappa shape index (κ3) is 5.11. The highest BCUT2D eigenvalue weighted by atomic mass is 35.5. The summed E-state index contributed by atoms with van der Waals surface area (Å²) >= 11 is 6.04. The van der Waals surface area contributed by atoms with Crippen LogP contribution in [0.4, 0.5) is 4.79 Å². The van der Waals surface area contributed by atoms with E-state index < -0.39 is 5.60 Å². The number of carbonyl (C=O) groups is 1. The largest absolute Gasteiger partial charge is 0.444 e. The maximum atomic E-state index is 11.7. The first kappa shape index (κ1) is 18.1. The highest BCUT2D eigenvalue weighted by Crippen LogP contribution is 2.24. The number of rotatable bonds is 4. The number of likely N-dealkylation sites (tertiary alicyclic amines) is 1. The summed E-state index contributed by atoms with van der Waals surface area (Å²) in [5.41, 5.74) is -0.462. The molecule has 1 N–H and O–H groups in total. The molecule has 1 saturated heterocycles. The van der Waals surface area contributed by atoms with Crippen LogP contribution >= 0.6 is 11.6 Å². The van der Waals surface area contributed by atoms with Crippen LogP contribution in [0.5, 0.6) is 0 Å². The Morgan fingerprint density at radius 3 is 2.78 bits per heavy atom. The lowest BCUT2D eigenvalue weighted by molar-refractivity contribution is 0.0519. The molecule has 0 bridgehead atoms. The van der Waals surface area contributed by atoms with Gasteiger partial charge in [-0.25, -0.2) is 9.78 Å². The lowest BCUT2D eigenvalue weighted by Crippen LogP contribution is -2.36. The van der Waals surface area contributed by atoms with Crippen molar-refractivity contribution in [2.24, 2.45) is 13.0 Å². The average molecular weight is 343 g/mol. The molecule has 0 radical (unpaired) electrons. The fraction of sp³-hybridized carbons (Fsp3) is 0.750. The third-order valence-electron chi connectivity index (χ3n) is 4.10. The molecule has 0 aromatic carbocycles. The Labute approximate surface area is 143 Å². The highest BCUT2D eigenvalue weighted by Gasteiger charge is 2.30. The normalized spacial score (nSPS) is 22.3. The molecule has 0 spiro atoms. The van der Waals surface area contributed by atoms with Crippen molar-refractivity contribution < 1.29 is 9.53 Å². The molecule has 2 heterocycles. The first-order valence-electron chi connectivity index (χ1n) is 8.02. The number of hydrogen-bond donors (Lipinski definition) is 1. The number of alkyl carbamates (subject to hydrolysis) is 1. The van der Waals surface area contributed by atoms with Gasteiger partial charge in [0.05, 0.1) is 12.7 Å². The predicted molar refractivity (Wildman–Crippen MR) is 90.4 cm³/mol. The second-order valence-electron chi connectivity index (χ2n) is 7.32. The molecule has 0 aliphatic carbocycles. The number of halogens is 1. The number of carbonyl (C=O) groups excluding carboxylic acids is 1. The second kappa shape index (κ2) is 7.09. The molecule has 1 aliphatic heterocycles. The maximum Gasteiger partial charge on any atom is 0.407 e. The van der Waals surface area contributed by atoms with Crippen LogP contribution in [0.1, 0.15) is 39.9 Å². The minimum atomic E-state index is -0.462. The molecule has 7 heteroatoms. The van der Waals surface area contributed by atoms with Gasteiger partial charge in [0.1, 0.15) is 16.6 Å². The van der Waals surface area contributed by atoms with Gasteiger partial charge < -0.3 is 14.6 Å². The quantitative estimate of drug-likeness (QED) is 0.914. The van der Waals surface area contributed by atoms with Crippen molar-refractivity contribution >= 4 is 17.7 Å². The summed E-state index contributed by atoms with van der Waals surface area (Å²) in [4.78, 5) is 18.5. The second-order valence-corrected chi connectivity index (χ2v) is 7.71. The minimum Gasteiger partial charge on any atom is -0.444 e. The third-order valence-corrected chi connectivity index (χ3v) is 4.45. The summed E-state index contributed by atoms with van der Waals surface area (Å²) in [7, 11) is 1.92. The molecule has 1 aromatic heterocycles. The van der Waals surface area contributed by atoms with Crippen LogP contribution in [0.2, 0.25) is 5.15 Å². The monoisotopic (exact) mass is 342 g/mol. The molecular formula is C16H27ClN4O2. The molecule has 0 unspecified atom stereocenters. The molecule has 23 heavy (non-hydrogen) atoms. The lowest BCUT2D eigenvalue weighted by atomic mass is 10.1. The molecule has 2 rings (SSSR count). The Morgan fingerprint density at radius 2 is 2.22 bits per heavy atom. The number of nitrogens with one attached hydrogen (secondary N) is 1. The van der Waals surface area contributed by atoms with Crippen molar-refractivity contribution in [1.82, 2.24) is 19.8 Å². The van der Waals surface area contributed by atoms with Gasteiger partial charge >= 0.3 is 6.09 Å². The van der Waals surface area contributed by atoms with E-state index in [0.29, 0.717) is 23.7 Å². The van der Waals surface area contributed by atoms with Crippen LogP contribution in [-0.2, 0) is 18.3 Å². The summed E-state index contributed by atoms with van der Waals surface area (Å²) in [6.07, 6.45) is 2.38. The standard InChI is InChI=1S/C16H27ClN4O2/c1-11-6-12(7-19-15(22)23-16(2,3)4)9-21(11)10-14-18-8-13(17)20(14)5/h8,11-12H,6-7,9-10H2,1-5H3,(H,19,22)/t11-,12-/m0/s1. The summed E-state index contributed by atoms with van der Waals surface area (Å²) in [6.45, 7) is 10.1. The Morgan fingerprint density at radius 1 is 1.52 bits per heavy atom. The van der Waals surface area contributed by atoms with E-state index in [0.717, 1.165) is 25.3 Å². The van der Waals surface area contributed by atoms with E-state index in [-0.39, 0.29) is 6.09 Å². The van der Waals surface area contributed by atoms with E-state index in [1.807, 2.05) is 32.4 Å². The first-order valence-corrected chi connectivity index (χ1v) is 8.40. The van der Waals surface area contributed by atoms with Gasteiger partial charge in [0, 0.05) is 26.2 Å². The highest BCUT2D eigenvalue weighted by molar-refractivity contribution is 6.29. The van der Waals surface area contributed by atoms with E-state index >= 15 is 0 Å². The fourth-order valence-electron chi connectivity index (χ4n) is 2.88. The zero-order valence-corrected chi connectivity index (χ0v) is 15.4. The molecule has 1 fully saturated rings. The predicted octanol–water partition coefficient (Wildman–Crippen LogP) is 2.81. The van der Waals surface area contributed by atoms with E-state index in [9.17, 15) is 4.79 Å². The topological polar surface area (TPSA) is 59.4 Å². The molecule has 6 nitrogen and oxygen atoms in total. The molecule has 0 saturated carbocycles.